The summed E-state index contributed by atoms with van der Waals surface area (Å²) < 4.78 is 5.37. The number of hydrogen-bond donors (Lipinski definition) is 2. The number of Topliss-reactive ketones (excluding diaryl/α,β-unsaturated/α-hetero) is 1. The molecule has 0 aliphatic heterocycles. The van der Waals surface area contributed by atoms with Crippen molar-refractivity contribution in [2.24, 2.45) is 11.8 Å². The van der Waals surface area contributed by atoms with Crippen molar-refractivity contribution in [2.45, 2.75) is 58.0 Å². The van der Waals surface area contributed by atoms with Gasteiger partial charge in [-0.2, -0.15) is 5.26 Å². The molecular weight excluding hydrogens is 420 g/mol. The van der Waals surface area contributed by atoms with E-state index in [1.807, 2.05) is 32.0 Å². The number of nitrogens with one attached hydrogen (secondary N) is 2. The molecule has 8 heteroatoms. The van der Waals surface area contributed by atoms with Gasteiger partial charge in [-0.05, 0) is 49.8 Å². The number of methoxy groups -OCH3 is 1. The van der Waals surface area contributed by atoms with E-state index in [4.69, 9.17) is 4.74 Å². The Hall–Kier alpha value is -3.34. The summed E-state index contributed by atoms with van der Waals surface area (Å²) >= 11 is 0. The van der Waals surface area contributed by atoms with Gasteiger partial charge in [0.05, 0.1) is 13.2 Å². The molecule has 1 fully saturated rings. The topological polar surface area (TPSA) is 115 Å². The van der Waals surface area contributed by atoms with Gasteiger partial charge in [-0.25, -0.2) is 0 Å². The maximum atomic E-state index is 13.3. The van der Waals surface area contributed by atoms with Crippen LogP contribution in [0.4, 0.5) is 0 Å². The van der Waals surface area contributed by atoms with Gasteiger partial charge in [-0.1, -0.05) is 19.9 Å². The SMILES string of the molecule is COc1cccc2[nH]c(C(=O)N(C)[C@@H](CC(C)C)C(=O)N[C@H](C#N)C[C@@H]3CCCC3=O)cc12. The molecule has 1 saturated carbocycles. The molecule has 0 saturated heterocycles. The zero-order chi connectivity index (χ0) is 24.1. The third-order valence-corrected chi connectivity index (χ3v) is 6.28. The molecule has 0 radical (unpaired) electrons. The zero-order valence-electron chi connectivity index (χ0n) is 19.7. The monoisotopic (exact) mass is 452 g/mol. The lowest BCUT2D eigenvalue weighted by Crippen LogP contribution is -2.51. The van der Waals surface area contributed by atoms with E-state index in [1.165, 1.54) is 4.90 Å². The number of ether oxygens (including phenoxy) is 1. The Bertz CT molecular complexity index is 1070. The number of ketones is 1. The van der Waals surface area contributed by atoms with Crippen molar-refractivity contribution in [1.29, 1.82) is 5.26 Å². The van der Waals surface area contributed by atoms with Gasteiger partial charge in [0.2, 0.25) is 5.91 Å². The Morgan fingerprint density at radius 2 is 2.12 bits per heavy atom. The van der Waals surface area contributed by atoms with Gasteiger partial charge in [0.25, 0.3) is 5.91 Å². The number of hydrogen-bond acceptors (Lipinski definition) is 5. The van der Waals surface area contributed by atoms with Crippen molar-refractivity contribution in [1.82, 2.24) is 15.2 Å². The summed E-state index contributed by atoms with van der Waals surface area (Å²) in [6, 6.07) is 7.83. The molecule has 2 amide bonds. The van der Waals surface area contributed by atoms with Crippen molar-refractivity contribution in [3.63, 3.8) is 0 Å². The highest BCUT2D eigenvalue weighted by Crippen LogP contribution is 2.27. The van der Waals surface area contributed by atoms with E-state index in [9.17, 15) is 19.6 Å². The number of benzene rings is 1. The van der Waals surface area contributed by atoms with E-state index in [2.05, 4.69) is 16.4 Å². The van der Waals surface area contributed by atoms with Crippen LogP contribution in [0.2, 0.25) is 0 Å². The van der Waals surface area contributed by atoms with Gasteiger partial charge < -0.3 is 19.9 Å². The summed E-state index contributed by atoms with van der Waals surface area (Å²) in [5.41, 5.74) is 1.12. The number of nitriles is 1. The minimum Gasteiger partial charge on any atom is -0.496 e. The van der Waals surface area contributed by atoms with Gasteiger partial charge in [-0.3, -0.25) is 14.4 Å². The second-order valence-corrected chi connectivity index (χ2v) is 9.15. The van der Waals surface area contributed by atoms with Crippen LogP contribution >= 0.6 is 0 Å². The number of carbonyl (C=O) groups is 3. The van der Waals surface area contributed by atoms with E-state index in [1.54, 1.807) is 20.2 Å². The third kappa shape index (κ3) is 5.54. The Labute approximate surface area is 194 Å². The van der Waals surface area contributed by atoms with Crippen LogP contribution in [0.25, 0.3) is 10.9 Å². The van der Waals surface area contributed by atoms with E-state index >= 15 is 0 Å². The standard InChI is InChI=1S/C25H32N4O4/c1-15(2)11-21(24(31)27-17(14-26)12-16-7-5-9-22(16)30)29(3)25(32)20-13-18-19(28-20)8-6-10-23(18)33-4/h6,8,10,13,15-17,21,28H,5,7,9,11-12H2,1-4H3,(H,27,31)/t16-,17-,21-/m0/s1. The van der Waals surface area contributed by atoms with Crippen molar-refractivity contribution in [3.05, 3.63) is 30.0 Å². The average molecular weight is 453 g/mol. The van der Waals surface area contributed by atoms with E-state index in [0.717, 1.165) is 23.7 Å². The second kappa shape index (κ2) is 10.5. The molecule has 8 nitrogen and oxygen atoms in total. The molecular formula is C25H32N4O4. The molecule has 1 aromatic heterocycles. The van der Waals surface area contributed by atoms with Crippen molar-refractivity contribution in [3.8, 4) is 11.8 Å². The van der Waals surface area contributed by atoms with Crippen LogP contribution in [0.5, 0.6) is 5.75 Å². The lowest BCUT2D eigenvalue weighted by atomic mass is 9.97. The number of carbonyl (C=O) groups excluding carboxylic acids is 3. The van der Waals surface area contributed by atoms with E-state index in [-0.39, 0.29) is 29.4 Å². The van der Waals surface area contributed by atoms with Gasteiger partial charge in [0.1, 0.15) is 29.3 Å². The van der Waals surface area contributed by atoms with Crippen LogP contribution in [0.1, 0.15) is 56.4 Å². The number of amides is 2. The molecule has 2 aromatic rings. The number of fused-ring (bicyclic) bond motifs is 1. The molecule has 33 heavy (non-hydrogen) atoms. The minimum absolute atomic E-state index is 0.149. The molecule has 1 aliphatic rings. The number of H-pyrrole nitrogens is 1. The molecule has 176 valence electrons. The van der Waals surface area contributed by atoms with Gasteiger partial charge in [0, 0.05) is 30.3 Å². The molecule has 2 N–H and O–H groups in total. The third-order valence-electron chi connectivity index (χ3n) is 6.28. The van der Waals surface area contributed by atoms with Crippen LogP contribution in [0, 0.1) is 23.2 Å². The molecule has 0 spiro atoms. The van der Waals surface area contributed by atoms with Gasteiger partial charge in [0.15, 0.2) is 0 Å². The van der Waals surface area contributed by atoms with Crippen LogP contribution < -0.4 is 10.1 Å². The first-order chi connectivity index (χ1) is 15.7. The predicted octanol–water partition coefficient (Wildman–Crippen LogP) is 3.43. The van der Waals surface area contributed by atoms with Crippen LogP contribution in [-0.2, 0) is 9.59 Å². The summed E-state index contributed by atoms with van der Waals surface area (Å²) in [6.45, 7) is 3.96. The fourth-order valence-corrected chi connectivity index (χ4v) is 4.47. The van der Waals surface area contributed by atoms with E-state index in [0.29, 0.717) is 30.7 Å². The quantitative estimate of drug-likeness (QED) is 0.605. The van der Waals surface area contributed by atoms with Crippen LogP contribution in [0.15, 0.2) is 24.3 Å². The highest BCUT2D eigenvalue weighted by Gasteiger charge is 2.33. The Morgan fingerprint density at radius 3 is 2.73 bits per heavy atom. The van der Waals surface area contributed by atoms with Crippen LogP contribution in [-0.4, -0.2) is 53.7 Å². The first-order valence-corrected chi connectivity index (χ1v) is 11.4. The number of aromatic amines is 1. The summed E-state index contributed by atoms with van der Waals surface area (Å²) in [7, 11) is 3.17. The average Bonchev–Trinajstić information content (AvgIpc) is 3.41. The first kappa shape index (κ1) is 24.3. The molecule has 0 unspecified atom stereocenters. The minimum atomic E-state index is -0.764. The van der Waals surface area contributed by atoms with Crippen molar-refractivity contribution in [2.75, 3.05) is 14.2 Å². The maximum Gasteiger partial charge on any atom is 0.270 e. The molecule has 1 heterocycles. The summed E-state index contributed by atoms with van der Waals surface area (Å²) in [5.74, 6) is 0.0683. The largest absolute Gasteiger partial charge is 0.496 e. The van der Waals surface area contributed by atoms with Gasteiger partial charge >= 0.3 is 0 Å². The maximum absolute atomic E-state index is 13.3. The lowest BCUT2D eigenvalue weighted by molar-refractivity contribution is -0.127. The number of nitrogens with zero attached hydrogens (tertiary/aromatic N) is 2. The Kier molecular flexibility index (Phi) is 7.75. The molecule has 1 aromatic carbocycles. The van der Waals surface area contributed by atoms with Crippen molar-refractivity contribution >= 4 is 28.5 Å². The first-order valence-electron chi connectivity index (χ1n) is 11.4. The lowest BCUT2D eigenvalue weighted by Gasteiger charge is -2.29. The van der Waals surface area contributed by atoms with E-state index < -0.39 is 12.1 Å². The highest BCUT2D eigenvalue weighted by molar-refractivity contribution is 6.01. The fraction of sp³-hybridized carbons (Fsp3) is 0.520. The summed E-state index contributed by atoms with van der Waals surface area (Å²) in [4.78, 5) is 43.0. The number of rotatable bonds is 9. The summed E-state index contributed by atoms with van der Waals surface area (Å²) in [5, 5.41) is 13.1. The molecule has 3 rings (SSSR count). The predicted molar refractivity (Wildman–Crippen MR) is 125 cm³/mol. The molecule has 3 atom stereocenters. The fourth-order valence-electron chi connectivity index (χ4n) is 4.47. The second-order valence-electron chi connectivity index (χ2n) is 9.15. The van der Waals surface area contributed by atoms with Gasteiger partial charge in [-0.15, -0.1) is 0 Å². The highest BCUT2D eigenvalue weighted by atomic mass is 16.5. The van der Waals surface area contributed by atoms with Crippen LogP contribution in [0.3, 0.4) is 0 Å². The van der Waals surface area contributed by atoms with Crippen molar-refractivity contribution < 1.29 is 19.1 Å². The number of aromatic nitrogens is 1. The molecule has 1 aliphatic carbocycles. The normalized spacial score (nSPS) is 17.6. The smallest absolute Gasteiger partial charge is 0.270 e. The Morgan fingerprint density at radius 1 is 1.36 bits per heavy atom. The summed E-state index contributed by atoms with van der Waals surface area (Å²) in [6.07, 6.45) is 2.88. The zero-order valence-corrected chi connectivity index (χ0v) is 19.7. The number of likely N-dealkylation sites (N-methyl/N-ethyl adjacent to an activating group) is 1. The Balaban J connectivity index is 1.78. The molecule has 0 bridgehead atoms.